The predicted octanol–water partition coefficient (Wildman–Crippen LogP) is 4.00. The van der Waals surface area contributed by atoms with Crippen LogP contribution in [-0.4, -0.2) is 44.5 Å². The third-order valence-electron chi connectivity index (χ3n) is 6.94. The van der Waals surface area contributed by atoms with Crippen molar-refractivity contribution in [2.45, 2.75) is 42.9 Å². The van der Waals surface area contributed by atoms with Crippen LogP contribution < -0.4 is 18.9 Å². The SMILES string of the molecule is COc1ccc(C23CCN(C)C2CC2(CC3)Oc3ccccc3O2)cc1OC. The van der Waals surface area contributed by atoms with Gasteiger partial charge in [-0.05, 0) is 56.3 Å². The average Bonchev–Trinajstić information content (AvgIpc) is 3.26. The first-order valence-electron chi connectivity index (χ1n) is 9.99. The largest absolute Gasteiger partial charge is 0.493 e. The Labute approximate surface area is 166 Å². The molecule has 0 aromatic heterocycles. The van der Waals surface area contributed by atoms with Gasteiger partial charge in [0.15, 0.2) is 23.0 Å². The quantitative estimate of drug-likeness (QED) is 0.804. The highest BCUT2D eigenvalue weighted by Crippen LogP contribution is 2.55. The van der Waals surface area contributed by atoms with Crippen LogP contribution >= 0.6 is 0 Å². The number of nitrogens with zero attached hydrogens (tertiary/aromatic N) is 1. The van der Waals surface area contributed by atoms with Crippen molar-refractivity contribution >= 4 is 0 Å². The number of benzene rings is 2. The molecule has 2 fully saturated rings. The van der Waals surface area contributed by atoms with Crippen molar-refractivity contribution in [2.75, 3.05) is 27.8 Å². The average molecular weight is 381 g/mol. The lowest BCUT2D eigenvalue weighted by molar-refractivity contribution is -0.131. The van der Waals surface area contributed by atoms with E-state index in [9.17, 15) is 0 Å². The molecule has 5 rings (SSSR count). The highest BCUT2D eigenvalue weighted by atomic mass is 16.7. The number of hydrogen-bond acceptors (Lipinski definition) is 5. The molecule has 0 radical (unpaired) electrons. The molecule has 5 heteroatoms. The van der Waals surface area contributed by atoms with Crippen molar-refractivity contribution in [3.63, 3.8) is 0 Å². The van der Waals surface area contributed by atoms with Gasteiger partial charge in [-0.25, -0.2) is 0 Å². The number of likely N-dealkylation sites (tertiary alicyclic amines) is 1. The van der Waals surface area contributed by atoms with Crippen molar-refractivity contribution < 1.29 is 18.9 Å². The molecule has 1 aliphatic carbocycles. The number of fused-ring (bicyclic) bond motifs is 2. The molecule has 2 aromatic carbocycles. The van der Waals surface area contributed by atoms with Crippen molar-refractivity contribution in [3.8, 4) is 23.0 Å². The second-order valence-electron chi connectivity index (χ2n) is 8.24. The molecular formula is C23H27NO4. The van der Waals surface area contributed by atoms with E-state index in [2.05, 4.69) is 24.1 Å². The number of likely N-dealkylation sites (N-methyl/N-ethyl adjacent to an activating group) is 1. The lowest BCUT2D eigenvalue weighted by Crippen LogP contribution is -2.55. The first-order valence-corrected chi connectivity index (χ1v) is 9.99. The van der Waals surface area contributed by atoms with Crippen LogP contribution in [0.2, 0.25) is 0 Å². The second kappa shape index (κ2) is 6.31. The van der Waals surface area contributed by atoms with E-state index in [1.807, 2.05) is 30.3 Å². The maximum Gasteiger partial charge on any atom is 0.253 e. The Bertz CT molecular complexity index is 873. The first kappa shape index (κ1) is 17.7. The number of hydrogen-bond donors (Lipinski definition) is 0. The predicted molar refractivity (Wildman–Crippen MR) is 107 cm³/mol. The van der Waals surface area contributed by atoms with Crippen LogP contribution in [0.1, 0.15) is 31.2 Å². The van der Waals surface area contributed by atoms with Crippen LogP contribution in [0, 0.1) is 0 Å². The summed E-state index contributed by atoms with van der Waals surface area (Å²) in [4.78, 5) is 2.47. The summed E-state index contributed by atoms with van der Waals surface area (Å²) in [7, 11) is 5.60. The summed E-state index contributed by atoms with van der Waals surface area (Å²) in [5, 5.41) is 0. The van der Waals surface area contributed by atoms with Crippen LogP contribution in [0.25, 0.3) is 0 Å². The summed E-state index contributed by atoms with van der Waals surface area (Å²) in [6.07, 6.45) is 3.88. The summed E-state index contributed by atoms with van der Waals surface area (Å²) in [5.74, 6) is 2.75. The molecule has 28 heavy (non-hydrogen) atoms. The third kappa shape index (κ3) is 2.49. The van der Waals surface area contributed by atoms with Crippen LogP contribution in [0.15, 0.2) is 42.5 Å². The van der Waals surface area contributed by atoms with Crippen LogP contribution in [0.3, 0.4) is 0 Å². The topological polar surface area (TPSA) is 40.2 Å². The molecule has 2 heterocycles. The molecule has 0 amide bonds. The Balaban J connectivity index is 1.49. The number of para-hydroxylation sites is 2. The van der Waals surface area contributed by atoms with Gasteiger partial charge < -0.3 is 23.8 Å². The van der Waals surface area contributed by atoms with Gasteiger partial charge in [0.1, 0.15) is 0 Å². The van der Waals surface area contributed by atoms with Crippen molar-refractivity contribution in [2.24, 2.45) is 0 Å². The van der Waals surface area contributed by atoms with Gasteiger partial charge in [0.25, 0.3) is 5.79 Å². The van der Waals surface area contributed by atoms with Gasteiger partial charge in [-0.1, -0.05) is 18.2 Å². The summed E-state index contributed by atoms with van der Waals surface area (Å²) >= 11 is 0. The van der Waals surface area contributed by atoms with Crippen LogP contribution in [-0.2, 0) is 5.41 Å². The summed E-state index contributed by atoms with van der Waals surface area (Å²) in [6, 6.07) is 14.7. The molecular weight excluding hydrogens is 354 g/mol. The first-order chi connectivity index (χ1) is 13.6. The maximum absolute atomic E-state index is 6.36. The van der Waals surface area contributed by atoms with Crippen molar-refractivity contribution in [1.29, 1.82) is 0 Å². The van der Waals surface area contributed by atoms with Gasteiger partial charge in [0.2, 0.25) is 0 Å². The molecule has 148 valence electrons. The molecule has 3 aliphatic rings. The molecule has 5 nitrogen and oxygen atoms in total. The molecule has 1 spiro atoms. The van der Waals surface area contributed by atoms with E-state index in [1.165, 1.54) is 5.56 Å². The van der Waals surface area contributed by atoms with Gasteiger partial charge in [0.05, 0.1) is 14.2 Å². The van der Waals surface area contributed by atoms with E-state index in [1.54, 1.807) is 14.2 Å². The molecule has 2 aliphatic heterocycles. The Morgan fingerprint density at radius 2 is 1.64 bits per heavy atom. The smallest absolute Gasteiger partial charge is 0.253 e. The normalized spacial score (nSPS) is 27.6. The molecule has 1 saturated heterocycles. The van der Waals surface area contributed by atoms with Gasteiger partial charge in [-0.3, -0.25) is 0 Å². The molecule has 1 saturated carbocycles. The monoisotopic (exact) mass is 381 g/mol. The molecule has 2 aromatic rings. The van der Waals surface area contributed by atoms with E-state index >= 15 is 0 Å². The second-order valence-corrected chi connectivity index (χ2v) is 8.24. The number of methoxy groups -OCH3 is 2. The van der Waals surface area contributed by atoms with E-state index in [-0.39, 0.29) is 5.41 Å². The highest BCUT2D eigenvalue weighted by Gasteiger charge is 2.58. The summed E-state index contributed by atoms with van der Waals surface area (Å²) in [5.41, 5.74) is 1.41. The molecule has 0 bridgehead atoms. The zero-order valence-electron chi connectivity index (χ0n) is 16.7. The van der Waals surface area contributed by atoms with Crippen LogP contribution in [0.4, 0.5) is 0 Å². The minimum Gasteiger partial charge on any atom is -0.493 e. The van der Waals surface area contributed by atoms with Gasteiger partial charge in [-0.15, -0.1) is 0 Å². The molecule has 0 N–H and O–H groups in total. The Morgan fingerprint density at radius 3 is 2.32 bits per heavy atom. The zero-order chi connectivity index (χ0) is 19.4. The molecule has 2 unspecified atom stereocenters. The minimum absolute atomic E-state index is 0.0844. The lowest BCUT2D eigenvalue weighted by Gasteiger charge is -2.47. The highest BCUT2D eigenvalue weighted by molar-refractivity contribution is 5.47. The van der Waals surface area contributed by atoms with Gasteiger partial charge in [-0.2, -0.15) is 0 Å². The standard InChI is InChI=1S/C23H27NO4/c1-24-13-12-22(16-8-9-17(25-2)20(14-16)26-3)10-11-23(15-21(22)24)27-18-6-4-5-7-19(18)28-23/h4-9,14,21H,10-13,15H2,1-3H3. The van der Waals surface area contributed by atoms with E-state index < -0.39 is 5.79 Å². The Kier molecular flexibility index (Phi) is 3.98. The number of ether oxygens (including phenoxy) is 4. The minimum atomic E-state index is -0.549. The lowest BCUT2D eigenvalue weighted by atomic mass is 9.64. The Morgan fingerprint density at radius 1 is 0.929 bits per heavy atom. The number of rotatable bonds is 3. The summed E-state index contributed by atoms with van der Waals surface area (Å²) in [6.45, 7) is 1.07. The Hall–Kier alpha value is -2.40. The van der Waals surface area contributed by atoms with E-state index in [0.717, 1.165) is 55.2 Å². The van der Waals surface area contributed by atoms with E-state index in [4.69, 9.17) is 18.9 Å². The van der Waals surface area contributed by atoms with E-state index in [0.29, 0.717) is 6.04 Å². The van der Waals surface area contributed by atoms with Crippen molar-refractivity contribution in [3.05, 3.63) is 48.0 Å². The van der Waals surface area contributed by atoms with Gasteiger partial charge in [0, 0.05) is 24.3 Å². The fourth-order valence-electron chi connectivity index (χ4n) is 5.43. The van der Waals surface area contributed by atoms with Crippen LogP contribution in [0.5, 0.6) is 23.0 Å². The molecule has 2 atom stereocenters. The summed E-state index contributed by atoms with van der Waals surface area (Å²) < 4.78 is 23.8. The fourth-order valence-corrected chi connectivity index (χ4v) is 5.43. The van der Waals surface area contributed by atoms with Crippen molar-refractivity contribution in [1.82, 2.24) is 4.90 Å². The zero-order valence-corrected chi connectivity index (χ0v) is 16.7. The fraction of sp³-hybridized carbons (Fsp3) is 0.478. The maximum atomic E-state index is 6.36. The van der Waals surface area contributed by atoms with Gasteiger partial charge >= 0.3 is 0 Å². The third-order valence-corrected chi connectivity index (χ3v) is 6.94.